The summed E-state index contributed by atoms with van der Waals surface area (Å²) >= 11 is 0. The lowest BCUT2D eigenvalue weighted by Crippen LogP contribution is -1.88. The normalized spacial score (nSPS) is 11.0. The third-order valence-electron chi connectivity index (χ3n) is 6.36. The molecule has 0 aliphatic heterocycles. The largest absolute Gasteiger partial charge is 0.256 e. The molecule has 0 aliphatic carbocycles. The van der Waals surface area contributed by atoms with Crippen LogP contribution in [0.2, 0.25) is 0 Å². The zero-order valence-corrected chi connectivity index (χ0v) is 21.4. The van der Waals surface area contributed by atoms with Gasteiger partial charge in [-0.2, -0.15) is 10.5 Å². The quantitative estimate of drug-likeness (QED) is 0.155. The minimum absolute atomic E-state index is 0.656. The molecule has 0 saturated heterocycles. The monoisotopic (exact) mass is 494 g/mol. The summed E-state index contributed by atoms with van der Waals surface area (Å²) in [6.07, 6.45) is 10.7. The molecule has 4 nitrogen and oxygen atoms in total. The maximum Gasteiger partial charge on any atom is 0.0991 e. The molecule has 0 radical (unpaired) electrons. The van der Waals surface area contributed by atoms with Gasteiger partial charge in [-0.1, -0.05) is 61.4 Å². The lowest BCUT2D eigenvalue weighted by Gasteiger charge is -2.04. The van der Waals surface area contributed by atoms with Gasteiger partial charge in [-0.25, -0.2) is 0 Å². The first-order chi connectivity index (χ1) is 18.7. The number of benzene rings is 4. The fourth-order valence-corrected chi connectivity index (χ4v) is 4.09. The van der Waals surface area contributed by atoms with E-state index < -0.39 is 0 Å². The number of nitrogens with zero attached hydrogens (tertiary/aromatic N) is 4. The molecule has 0 spiro atoms. The second-order valence-electron chi connectivity index (χ2n) is 9.23. The Kier molecular flexibility index (Phi) is 9.73. The van der Waals surface area contributed by atoms with E-state index in [9.17, 15) is 0 Å². The highest BCUT2D eigenvalue weighted by Gasteiger charge is 1.98. The Bertz CT molecular complexity index is 1320. The summed E-state index contributed by atoms with van der Waals surface area (Å²) < 4.78 is 0. The van der Waals surface area contributed by atoms with E-state index in [4.69, 9.17) is 10.5 Å². The van der Waals surface area contributed by atoms with Crippen molar-refractivity contribution in [3.8, 4) is 12.1 Å². The Hall–Kier alpha value is -4.80. The first-order valence-electron chi connectivity index (χ1n) is 13.0. The lowest BCUT2D eigenvalue weighted by atomic mass is 10.0. The van der Waals surface area contributed by atoms with Gasteiger partial charge >= 0.3 is 0 Å². The molecule has 0 amide bonds. The van der Waals surface area contributed by atoms with Crippen molar-refractivity contribution in [3.63, 3.8) is 0 Å². The summed E-state index contributed by atoms with van der Waals surface area (Å²) in [6.45, 7) is 0. The smallest absolute Gasteiger partial charge is 0.0991 e. The third kappa shape index (κ3) is 8.40. The Morgan fingerprint density at radius 2 is 0.842 bits per heavy atom. The number of rotatable bonds is 11. The van der Waals surface area contributed by atoms with Gasteiger partial charge in [0.1, 0.15) is 0 Å². The van der Waals surface area contributed by atoms with E-state index in [0.717, 1.165) is 35.3 Å². The van der Waals surface area contributed by atoms with Crippen molar-refractivity contribution >= 4 is 23.8 Å². The SMILES string of the molecule is N#Cc1ccc(C=Nc2ccc(CCCCCCc3ccc(N=Cc4ccc(C#N)cc4)cc3)cc2)cc1. The van der Waals surface area contributed by atoms with Gasteiger partial charge in [-0.3, -0.25) is 9.98 Å². The topological polar surface area (TPSA) is 72.3 Å². The van der Waals surface area contributed by atoms with Crippen LogP contribution in [0.4, 0.5) is 11.4 Å². The number of hydrogen-bond donors (Lipinski definition) is 0. The van der Waals surface area contributed by atoms with E-state index in [0.29, 0.717) is 11.1 Å². The summed E-state index contributed by atoms with van der Waals surface area (Å²) in [5.41, 5.74) is 7.84. The zero-order chi connectivity index (χ0) is 26.4. The summed E-state index contributed by atoms with van der Waals surface area (Å²) in [7, 11) is 0. The van der Waals surface area contributed by atoms with Crippen LogP contribution in [0, 0.1) is 22.7 Å². The van der Waals surface area contributed by atoms with Crippen molar-refractivity contribution in [2.24, 2.45) is 9.98 Å². The van der Waals surface area contributed by atoms with Crippen molar-refractivity contribution in [1.82, 2.24) is 0 Å². The highest BCUT2D eigenvalue weighted by atomic mass is 14.7. The molecule has 186 valence electrons. The van der Waals surface area contributed by atoms with Crippen molar-refractivity contribution in [2.75, 3.05) is 0 Å². The maximum atomic E-state index is 8.88. The van der Waals surface area contributed by atoms with Crippen LogP contribution in [-0.2, 0) is 12.8 Å². The number of unbranched alkanes of at least 4 members (excludes halogenated alkanes) is 3. The molecule has 4 aromatic rings. The third-order valence-corrected chi connectivity index (χ3v) is 6.36. The molecular formula is C34H30N4. The number of nitriles is 2. The van der Waals surface area contributed by atoms with E-state index in [-0.39, 0.29) is 0 Å². The average molecular weight is 495 g/mol. The zero-order valence-electron chi connectivity index (χ0n) is 21.4. The molecule has 4 heteroatoms. The van der Waals surface area contributed by atoms with Gasteiger partial charge in [0.05, 0.1) is 34.6 Å². The molecule has 0 atom stereocenters. The fourth-order valence-electron chi connectivity index (χ4n) is 4.09. The maximum absolute atomic E-state index is 8.88. The minimum atomic E-state index is 0.656. The Balaban J connectivity index is 1.12. The van der Waals surface area contributed by atoms with Crippen LogP contribution >= 0.6 is 0 Å². The highest BCUT2D eigenvalue weighted by Crippen LogP contribution is 2.18. The number of aryl methyl sites for hydroxylation is 2. The van der Waals surface area contributed by atoms with E-state index in [1.807, 2.05) is 36.7 Å². The Morgan fingerprint density at radius 1 is 0.474 bits per heavy atom. The molecule has 0 fully saturated rings. The molecule has 38 heavy (non-hydrogen) atoms. The van der Waals surface area contributed by atoms with Crippen molar-refractivity contribution in [3.05, 3.63) is 130 Å². The van der Waals surface area contributed by atoms with E-state index in [1.165, 1.54) is 36.8 Å². The van der Waals surface area contributed by atoms with Crippen molar-refractivity contribution in [2.45, 2.75) is 38.5 Å². The van der Waals surface area contributed by atoms with Crippen LogP contribution in [0.15, 0.2) is 107 Å². The first kappa shape index (κ1) is 26.3. The Labute approximate surface area is 225 Å². The molecule has 0 unspecified atom stereocenters. The Morgan fingerprint density at radius 3 is 1.18 bits per heavy atom. The summed E-state index contributed by atoms with van der Waals surface area (Å²) in [5.74, 6) is 0. The van der Waals surface area contributed by atoms with Gasteiger partial charge in [0.15, 0.2) is 0 Å². The molecule has 0 bridgehead atoms. The van der Waals surface area contributed by atoms with Crippen LogP contribution in [0.5, 0.6) is 0 Å². The van der Waals surface area contributed by atoms with Crippen LogP contribution in [0.1, 0.15) is 59.1 Å². The second-order valence-corrected chi connectivity index (χ2v) is 9.23. The summed E-state index contributed by atoms with van der Waals surface area (Å²) in [4.78, 5) is 9.07. The molecule has 0 saturated carbocycles. The van der Waals surface area contributed by atoms with Crippen molar-refractivity contribution < 1.29 is 0 Å². The fraction of sp³-hybridized carbons (Fsp3) is 0.176. The van der Waals surface area contributed by atoms with E-state index in [2.05, 4.69) is 70.7 Å². The lowest BCUT2D eigenvalue weighted by molar-refractivity contribution is 0.640. The number of aliphatic imine (C=N–C) groups is 2. The number of hydrogen-bond acceptors (Lipinski definition) is 4. The summed E-state index contributed by atoms with van der Waals surface area (Å²) in [5, 5.41) is 17.8. The molecule has 0 heterocycles. The predicted octanol–water partition coefficient (Wildman–Crippen LogP) is 8.28. The molecule has 0 aliphatic rings. The molecule has 0 N–H and O–H groups in total. The van der Waals surface area contributed by atoms with Crippen LogP contribution in [0.3, 0.4) is 0 Å². The summed E-state index contributed by atoms with van der Waals surface area (Å²) in [6, 6.07) is 36.0. The van der Waals surface area contributed by atoms with Gasteiger partial charge in [-0.05, 0) is 96.5 Å². The highest BCUT2D eigenvalue weighted by molar-refractivity contribution is 5.82. The van der Waals surface area contributed by atoms with Gasteiger partial charge in [0.2, 0.25) is 0 Å². The van der Waals surface area contributed by atoms with Crippen LogP contribution in [-0.4, -0.2) is 12.4 Å². The second kappa shape index (κ2) is 14.1. The van der Waals surface area contributed by atoms with Gasteiger partial charge in [0.25, 0.3) is 0 Å². The van der Waals surface area contributed by atoms with Crippen LogP contribution < -0.4 is 0 Å². The van der Waals surface area contributed by atoms with Crippen LogP contribution in [0.25, 0.3) is 0 Å². The molecule has 4 rings (SSSR count). The standard InChI is InChI=1S/C34H30N4/c35-23-29-7-11-31(12-8-29)25-37-33-19-15-27(16-20-33)5-3-1-2-4-6-28-17-21-34(22-18-28)38-26-32-13-9-30(24-36)10-14-32/h7-22,25-26H,1-6H2. The first-order valence-corrected chi connectivity index (χ1v) is 13.0. The predicted molar refractivity (Wildman–Crippen MR) is 156 cm³/mol. The van der Waals surface area contributed by atoms with Gasteiger partial charge in [-0.15, -0.1) is 0 Å². The average Bonchev–Trinajstić information content (AvgIpc) is 2.98. The van der Waals surface area contributed by atoms with E-state index >= 15 is 0 Å². The molecule has 0 aromatic heterocycles. The van der Waals surface area contributed by atoms with Gasteiger partial charge in [0, 0.05) is 12.4 Å². The molecule has 4 aromatic carbocycles. The van der Waals surface area contributed by atoms with Gasteiger partial charge < -0.3 is 0 Å². The minimum Gasteiger partial charge on any atom is -0.256 e. The van der Waals surface area contributed by atoms with Crippen molar-refractivity contribution in [1.29, 1.82) is 10.5 Å². The molecular weight excluding hydrogens is 464 g/mol. The van der Waals surface area contributed by atoms with E-state index in [1.54, 1.807) is 24.3 Å².